The Morgan fingerprint density at radius 3 is 2.71 bits per heavy atom. The number of benzene rings is 3. The molecule has 136 valence electrons. The van der Waals surface area contributed by atoms with Crippen molar-refractivity contribution in [2.75, 3.05) is 0 Å². The zero-order valence-corrected chi connectivity index (χ0v) is 15.6. The van der Waals surface area contributed by atoms with Crippen molar-refractivity contribution >= 4 is 34.3 Å². The van der Waals surface area contributed by atoms with Gasteiger partial charge < -0.3 is 9.72 Å². The number of rotatable bonds is 5. The predicted molar refractivity (Wildman–Crippen MR) is 112 cm³/mol. The van der Waals surface area contributed by atoms with Gasteiger partial charge in [0, 0.05) is 10.6 Å². The molecule has 0 spiro atoms. The van der Waals surface area contributed by atoms with E-state index in [0.717, 1.165) is 22.2 Å². The van der Waals surface area contributed by atoms with Crippen molar-refractivity contribution in [1.29, 1.82) is 5.26 Å². The maximum Gasteiger partial charge on any atom is 0.149 e. The van der Waals surface area contributed by atoms with Crippen LogP contribution in [0.4, 0.5) is 0 Å². The highest BCUT2D eigenvalue weighted by atomic mass is 35.5. The Balaban J connectivity index is 1.63. The van der Waals surface area contributed by atoms with E-state index in [4.69, 9.17) is 16.3 Å². The standard InChI is InChI=1S/C23H16ClN3O/c24-19-8-5-6-16(12-19)15-28-22-11-4-1-7-17(22)13-18(14-25)23-26-20-9-2-3-10-21(20)27-23/h1-13H,15H2,(H,26,27)/b18-13+. The van der Waals surface area contributed by atoms with Crippen LogP contribution in [0.25, 0.3) is 22.7 Å². The molecule has 1 aromatic heterocycles. The Bertz CT molecular complexity index is 1170. The van der Waals surface area contributed by atoms with E-state index in [-0.39, 0.29) is 0 Å². The molecular formula is C23H16ClN3O. The highest BCUT2D eigenvalue weighted by molar-refractivity contribution is 6.30. The summed E-state index contributed by atoms with van der Waals surface area (Å²) in [5, 5.41) is 10.3. The van der Waals surface area contributed by atoms with E-state index in [1.165, 1.54) is 0 Å². The first-order chi connectivity index (χ1) is 13.7. The monoisotopic (exact) mass is 385 g/mol. The largest absolute Gasteiger partial charge is 0.488 e. The number of imidazole rings is 1. The van der Waals surface area contributed by atoms with Crippen LogP contribution >= 0.6 is 11.6 Å². The summed E-state index contributed by atoms with van der Waals surface area (Å²) in [6, 6.07) is 25.1. The number of aromatic nitrogens is 2. The zero-order valence-electron chi connectivity index (χ0n) is 14.9. The smallest absolute Gasteiger partial charge is 0.149 e. The van der Waals surface area contributed by atoms with Crippen molar-refractivity contribution in [3.8, 4) is 11.8 Å². The molecule has 0 aliphatic rings. The van der Waals surface area contributed by atoms with Crippen LogP contribution in [0.15, 0.2) is 72.8 Å². The van der Waals surface area contributed by atoms with E-state index in [2.05, 4.69) is 16.0 Å². The fourth-order valence-electron chi connectivity index (χ4n) is 2.91. The SMILES string of the molecule is N#C/C(=C\c1ccccc1OCc1cccc(Cl)c1)c1nc2ccccc2[nH]1. The molecule has 0 fully saturated rings. The number of nitrogens with zero attached hydrogens (tertiary/aromatic N) is 2. The molecule has 1 heterocycles. The molecule has 0 amide bonds. The molecule has 4 nitrogen and oxygen atoms in total. The zero-order chi connectivity index (χ0) is 19.3. The summed E-state index contributed by atoms with van der Waals surface area (Å²) in [7, 11) is 0. The number of hydrogen-bond acceptors (Lipinski definition) is 3. The van der Waals surface area contributed by atoms with Crippen LogP contribution in [-0.4, -0.2) is 9.97 Å². The Morgan fingerprint density at radius 2 is 1.89 bits per heavy atom. The van der Waals surface area contributed by atoms with E-state index in [0.29, 0.717) is 28.8 Å². The third-order valence-electron chi connectivity index (χ3n) is 4.27. The summed E-state index contributed by atoms with van der Waals surface area (Å²) >= 11 is 6.04. The van der Waals surface area contributed by atoms with E-state index in [1.54, 1.807) is 6.08 Å². The van der Waals surface area contributed by atoms with Gasteiger partial charge in [0.2, 0.25) is 0 Å². The van der Waals surface area contributed by atoms with Crippen molar-refractivity contribution in [2.45, 2.75) is 6.61 Å². The van der Waals surface area contributed by atoms with Gasteiger partial charge in [0.25, 0.3) is 0 Å². The number of ether oxygens (including phenoxy) is 1. The Kier molecular flexibility index (Phi) is 5.09. The van der Waals surface area contributed by atoms with Gasteiger partial charge in [-0.15, -0.1) is 0 Å². The fourth-order valence-corrected chi connectivity index (χ4v) is 3.12. The quantitative estimate of drug-likeness (QED) is 0.437. The minimum absolute atomic E-state index is 0.387. The first-order valence-corrected chi connectivity index (χ1v) is 9.14. The van der Waals surface area contributed by atoms with Crippen LogP contribution in [0.5, 0.6) is 5.75 Å². The Labute approximate surface area is 167 Å². The molecule has 1 N–H and O–H groups in total. The van der Waals surface area contributed by atoms with E-state index in [9.17, 15) is 5.26 Å². The van der Waals surface area contributed by atoms with E-state index in [1.807, 2.05) is 72.8 Å². The van der Waals surface area contributed by atoms with Crippen LogP contribution < -0.4 is 4.74 Å². The van der Waals surface area contributed by atoms with E-state index < -0.39 is 0 Å². The first-order valence-electron chi connectivity index (χ1n) is 8.76. The molecule has 0 unspecified atom stereocenters. The van der Waals surface area contributed by atoms with Crippen molar-refractivity contribution in [2.24, 2.45) is 0 Å². The number of hydrogen-bond donors (Lipinski definition) is 1. The lowest BCUT2D eigenvalue weighted by Gasteiger charge is -2.10. The summed E-state index contributed by atoms with van der Waals surface area (Å²) in [6.07, 6.45) is 1.78. The number of nitriles is 1. The summed E-state index contributed by atoms with van der Waals surface area (Å²) in [5.41, 5.74) is 3.94. The second-order valence-electron chi connectivity index (χ2n) is 6.23. The van der Waals surface area contributed by atoms with Crippen molar-refractivity contribution in [1.82, 2.24) is 9.97 Å². The molecule has 28 heavy (non-hydrogen) atoms. The highest BCUT2D eigenvalue weighted by Gasteiger charge is 2.10. The average molecular weight is 386 g/mol. The van der Waals surface area contributed by atoms with Gasteiger partial charge in [-0.1, -0.05) is 54.1 Å². The topological polar surface area (TPSA) is 61.7 Å². The van der Waals surface area contributed by atoms with Gasteiger partial charge in [-0.3, -0.25) is 0 Å². The minimum Gasteiger partial charge on any atom is -0.488 e. The minimum atomic E-state index is 0.387. The molecule has 0 aliphatic carbocycles. The number of aromatic amines is 1. The molecule has 3 aromatic carbocycles. The number of halogens is 1. The number of H-pyrrole nitrogens is 1. The van der Waals surface area contributed by atoms with Crippen molar-refractivity contribution < 1.29 is 4.74 Å². The van der Waals surface area contributed by atoms with Crippen molar-refractivity contribution in [3.05, 3.63) is 94.8 Å². The molecule has 4 aromatic rings. The van der Waals surface area contributed by atoms with Gasteiger partial charge in [-0.05, 0) is 42.0 Å². The summed E-state index contributed by atoms with van der Waals surface area (Å²) in [5.74, 6) is 1.22. The lowest BCUT2D eigenvalue weighted by molar-refractivity contribution is 0.305. The normalized spacial score (nSPS) is 11.4. The summed E-state index contributed by atoms with van der Waals surface area (Å²) in [6.45, 7) is 0.387. The molecule has 0 saturated carbocycles. The van der Waals surface area contributed by atoms with Crippen LogP contribution in [0, 0.1) is 11.3 Å². The number of fused-ring (bicyclic) bond motifs is 1. The molecule has 0 aliphatic heterocycles. The van der Waals surface area contributed by atoms with Crippen molar-refractivity contribution in [3.63, 3.8) is 0 Å². The lowest BCUT2D eigenvalue weighted by Crippen LogP contribution is -1.97. The number of allylic oxidation sites excluding steroid dienone is 1. The molecular weight excluding hydrogens is 370 g/mol. The third-order valence-corrected chi connectivity index (χ3v) is 4.50. The second kappa shape index (κ2) is 7.99. The van der Waals surface area contributed by atoms with Gasteiger partial charge >= 0.3 is 0 Å². The molecule has 0 atom stereocenters. The second-order valence-corrected chi connectivity index (χ2v) is 6.67. The summed E-state index contributed by atoms with van der Waals surface area (Å²) in [4.78, 5) is 7.70. The molecule has 4 rings (SSSR count). The van der Waals surface area contributed by atoms with Gasteiger partial charge in [0.1, 0.15) is 24.3 Å². The Morgan fingerprint density at radius 1 is 1.07 bits per heavy atom. The van der Waals surface area contributed by atoms with Gasteiger partial charge in [-0.25, -0.2) is 4.98 Å². The number of nitrogens with one attached hydrogen (secondary N) is 1. The lowest BCUT2D eigenvalue weighted by atomic mass is 10.1. The molecule has 5 heteroatoms. The van der Waals surface area contributed by atoms with Gasteiger partial charge in [-0.2, -0.15) is 5.26 Å². The molecule has 0 bridgehead atoms. The van der Waals surface area contributed by atoms with Crippen LogP contribution in [0.1, 0.15) is 17.0 Å². The van der Waals surface area contributed by atoms with Gasteiger partial charge in [0.05, 0.1) is 16.6 Å². The van der Waals surface area contributed by atoms with E-state index >= 15 is 0 Å². The molecule has 0 saturated heterocycles. The number of para-hydroxylation sites is 3. The Hall–Kier alpha value is -3.55. The highest BCUT2D eigenvalue weighted by Crippen LogP contribution is 2.25. The van der Waals surface area contributed by atoms with Crippen LogP contribution in [-0.2, 0) is 6.61 Å². The van der Waals surface area contributed by atoms with Crippen LogP contribution in [0.2, 0.25) is 5.02 Å². The predicted octanol–water partition coefficient (Wildman–Crippen LogP) is 5.86. The summed E-state index contributed by atoms with van der Waals surface area (Å²) < 4.78 is 5.98. The third kappa shape index (κ3) is 3.90. The van der Waals surface area contributed by atoms with Gasteiger partial charge in [0.15, 0.2) is 0 Å². The first kappa shape index (κ1) is 17.8. The van der Waals surface area contributed by atoms with Crippen LogP contribution in [0.3, 0.4) is 0 Å². The average Bonchev–Trinajstić information content (AvgIpc) is 3.15. The fraction of sp³-hybridized carbons (Fsp3) is 0.0435. The maximum atomic E-state index is 9.66. The maximum absolute atomic E-state index is 9.66. The molecule has 0 radical (unpaired) electrons.